The van der Waals surface area contributed by atoms with Crippen molar-refractivity contribution in [1.29, 1.82) is 0 Å². The first kappa shape index (κ1) is 21.7. The molecule has 1 atom stereocenters. The highest BCUT2D eigenvalue weighted by molar-refractivity contribution is 7.20. The van der Waals surface area contributed by atoms with Crippen LogP contribution in [0, 0.1) is 20.8 Å². The molecule has 0 unspecified atom stereocenters. The lowest BCUT2D eigenvalue weighted by Crippen LogP contribution is -2.29. The molecule has 1 amide bonds. The van der Waals surface area contributed by atoms with Crippen molar-refractivity contribution in [1.82, 2.24) is 9.55 Å². The largest absolute Gasteiger partial charge is 0.464 e. The number of nitrogens with one attached hydrogen (secondary N) is 1. The fourth-order valence-electron chi connectivity index (χ4n) is 3.20. The van der Waals surface area contributed by atoms with E-state index in [-0.39, 0.29) is 11.5 Å². The number of benzene rings is 1. The second-order valence-corrected chi connectivity index (χ2v) is 8.31. The quantitative estimate of drug-likeness (QED) is 0.597. The maximum Gasteiger partial charge on any atom is 0.328 e. The summed E-state index contributed by atoms with van der Waals surface area (Å²) in [7, 11) is 0. The Bertz CT molecular complexity index is 1180. The number of carbonyl (C=O) groups excluding carboxylic acids is 2. The Kier molecular flexibility index (Phi) is 6.36. The molecule has 0 bridgehead atoms. The van der Waals surface area contributed by atoms with E-state index in [9.17, 15) is 14.4 Å². The summed E-state index contributed by atoms with van der Waals surface area (Å²) >= 11 is 1.16. The number of aryl methyl sites for hydroxylation is 3. The number of fused-ring (bicyclic) bond motifs is 1. The van der Waals surface area contributed by atoms with Crippen LogP contribution >= 0.6 is 11.3 Å². The summed E-state index contributed by atoms with van der Waals surface area (Å²) in [5.74, 6) is -0.774. The molecular formula is C22H25N3O4S. The van der Waals surface area contributed by atoms with Crippen LogP contribution in [0.25, 0.3) is 10.2 Å². The molecule has 0 aliphatic rings. The minimum absolute atomic E-state index is 0.288. The van der Waals surface area contributed by atoms with Gasteiger partial charge >= 0.3 is 5.97 Å². The molecule has 0 saturated heterocycles. The van der Waals surface area contributed by atoms with Gasteiger partial charge in [0, 0.05) is 5.69 Å². The van der Waals surface area contributed by atoms with Crippen molar-refractivity contribution in [3.63, 3.8) is 0 Å². The summed E-state index contributed by atoms with van der Waals surface area (Å²) in [6.45, 7) is 9.45. The summed E-state index contributed by atoms with van der Waals surface area (Å²) in [5, 5.41) is 3.26. The Labute approximate surface area is 178 Å². The van der Waals surface area contributed by atoms with Crippen molar-refractivity contribution < 1.29 is 14.3 Å². The van der Waals surface area contributed by atoms with Gasteiger partial charge in [-0.2, -0.15) is 0 Å². The number of ether oxygens (including phenoxy) is 1. The minimum Gasteiger partial charge on any atom is -0.464 e. The van der Waals surface area contributed by atoms with Gasteiger partial charge in [-0.1, -0.05) is 24.6 Å². The number of anilines is 1. The van der Waals surface area contributed by atoms with Gasteiger partial charge in [-0.15, -0.1) is 11.3 Å². The molecule has 0 aliphatic heterocycles. The third kappa shape index (κ3) is 4.14. The number of rotatable bonds is 6. The molecule has 0 spiro atoms. The number of amides is 1. The summed E-state index contributed by atoms with van der Waals surface area (Å²) in [5.41, 5.74) is 2.99. The molecular weight excluding hydrogens is 402 g/mol. The number of hydrogen-bond acceptors (Lipinski definition) is 6. The van der Waals surface area contributed by atoms with Crippen LogP contribution in [0.2, 0.25) is 0 Å². The number of aromatic nitrogens is 2. The molecule has 2 aromatic heterocycles. The molecule has 0 fully saturated rings. The summed E-state index contributed by atoms with van der Waals surface area (Å²) < 4.78 is 6.40. The first-order valence-electron chi connectivity index (χ1n) is 9.80. The lowest BCUT2D eigenvalue weighted by atomic mass is 10.1. The second-order valence-electron chi connectivity index (χ2n) is 7.31. The van der Waals surface area contributed by atoms with Gasteiger partial charge < -0.3 is 10.1 Å². The van der Waals surface area contributed by atoms with E-state index in [0.717, 1.165) is 28.2 Å². The van der Waals surface area contributed by atoms with Gasteiger partial charge in [0.1, 0.15) is 10.9 Å². The first-order chi connectivity index (χ1) is 14.2. The molecule has 0 saturated carbocycles. The van der Waals surface area contributed by atoms with Crippen LogP contribution in [0.3, 0.4) is 0 Å². The van der Waals surface area contributed by atoms with Crippen molar-refractivity contribution in [2.45, 2.75) is 47.1 Å². The Morgan fingerprint density at radius 1 is 1.27 bits per heavy atom. The predicted octanol–water partition coefficient (Wildman–Crippen LogP) is 4.15. The van der Waals surface area contributed by atoms with Gasteiger partial charge in [0.25, 0.3) is 11.5 Å². The fourth-order valence-corrected chi connectivity index (χ4v) is 4.23. The van der Waals surface area contributed by atoms with E-state index in [4.69, 9.17) is 4.74 Å². The van der Waals surface area contributed by atoms with E-state index < -0.39 is 12.0 Å². The number of hydrogen-bond donors (Lipinski definition) is 1. The number of nitrogens with zero attached hydrogens (tertiary/aromatic N) is 2. The van der Waals surface area contributed by atoms with Crippen LogP contribution in [0.4, 0.5) is 5.69 Å². The number of carbonyl (C=O) groups is 2. The highest BCUT2D eigenvalue weighted by Gasteiger charge is 2.23. The van der Waals surface area contributed by atoms with E-state index in [1.54, 1.807) is 13.8 Å². The van der Waals surface area contributed by atoms with Crippen molar-refractivity contribution in [2.75, 3.05) is 11.9 Å². The smallest absolute Gasteiger partial charge is 0.328 e. The van der Waals surface area contributed by atoms with E-state index in [1.165, 1.54) is 10.9 Å². The molecule has 8 heteroatoms. The number of esters is 1. The van der Waals surface area contributed by atoms with Crippen LogP contribution in [-0.4, -0.2) is 28.0 Å². The molecule has 3 aromatic rings. The summed E-state index contributed by atoms with van der Waals surface area (Å²) in [6.07, 6.45) is 2.04. The topological polar surface area (TPSA) is 90.3 Å². The lowest BCUT2D eigenvalue weighted by Gasteiger charge is -2.13. The monoisotopic (exact) mass is 427 g/mol. The molecule has 7 nitrogen and oxygen atoms in total. The van der Waals surface area contributed by atoms with Crippen molar-refractivity contribution in [3.05, 3.63) is 56.4 Å². The van der Waals surface area contributed by atoms with E-state index >= 15 is 0 Å². The van der Waals surface area contributed by atoms with Crippen molar-refractivity contribution >= 4 is 39.1 Å². The van der Waals surface area contributed by atoms with E-state index in [0.29, 0.717) is 33.7 Å². The second kappa shape index (κ2) is 8.79. The SMILES string of the molecule is CCCOC(=O)[C@H](C)n1cnc2sc(C(=O)Nc3ccc(C)cc3C)c(C)c2c1=O. The van der Waals surface area contributed by atoms with Gasteiger partial charge in [0.05, 0.1) is 23.2 Å². The zero-order chi connectivity index (χ0) is 22.0. The third-order valence-electron chi connectivity index (χ3n) is 4.92. The normalized spacial score (nSPS) is 12.0. The minimum atomic E-state index is -0.798. The lowest BCUT2D eigenvalue weighted by molar-refractivity contribution is -0.147. The Morgan fingerprint density at radius 3 is 2.67 bits per heavy atom. The van der Waals surface area contributed by atoms with Crippen molar-refractivity contribution in [3.8, 4) is 0 Å². The Hall–Kier alpha value is -3.00. The van der Waals surface area contributed by atoms with Gasteiger partial charge in [-0.25, -0.2) is 9.78 Å². The average Bonchev–Trinajstić information content (AvgIpc) is 3.05. The summed E-state index contributed by atoms with van der Waals surface area (Å²) in [4.78, 5) is 43.3. The van der Waals surface area contributed by atoms with E-state index in [1.807, 2.05) is 39.0 Å². The van der Waals surface area contributed by atoms with Crippen LogP contribution in [0.1, 0.15) is 52.7 Å². The van der Waals surface area contributed by atoms with Crippen LogP contribution < -0.4 is 10.9 Å². The molecule has 158 valence electrons. The van der Waals surface area contributed by atoms with Crippen LogP contribution in [0.5, 0.6) is 0 Å². The fraction of sp³-hybridized carbons (Fsp3) is 0.364. The van der Waals surface area contributed by atoms with Gasteiger partial charge in [0.2, 0.25) is 0 Å². The average molecular weight is 428 g/mol. The standard InChI is InChI=1S/C22H25N3O4S/c1-6-9-29-22(28)15(5)25-11-23-20-17(21(25)27)14(4)18(30-20)19(26)24-16-8-7-12(2)10-13(16)3/h7-8,10-11,15H,6,9H2,1-5H3,(H,24,26)/t15-/m0/s1. The third-order valence-corrected chi connectivity index (χ3v) is 6.12. The zero-order valence-electron chi connectivity index (χ0n) is 17.7. The Balaban J connectivity index is 1.96. The molecule has 30 heavy (non-hydrogen) atoms. The Morgan fingerprint density at radius 2 is 2.00 bits per heavy atom. The zero-order valence-corrected chi connectivity index (χ0v) is 18.6. The number of thiophene rings is 1. The van der Waals surface area contributed by atoms with Crippen LogP contribution in [-0.2, 0) is 9.53 Å². The first-order valence-corrected chi connectivity index (χ1v) is 10.6. The van der Waals surface area contributed by atoms with E-state index in [2.05, 4.69) is 10.3 Å². The molecule has 0 radical (unpaired) electrons. The van der Waals surface area contributed by atoms with Gasteiger partial charge in [0.15, 0.2) is 0 Å². The molecule has 0 aliphatic carbocycles. The molecule has 1 N–H and O–H groups in total. The van der Waals surface area contributed by atoms with Crippen molar-refractivity contribution in [2.24, 2.45) is 0 Å². The van der Waals surface area contributed by atoms with Gasteiger partial charge in [-0.05, 0) is 51.3 Å². The predicted molar refractivity (Wildman–Crippen MR) is 118 cm³/mol. The summed E-state index contributed by atoms with van der Waals surface area (Å²) in [6, 6.07) is 4.99. The highest BCUT2D eigenvalue weighted by Crippen LogP contribution is 2.28. The maximum atomic E-state index is 13.0. The van der Waals surface area contributed by atoms with Gasteiger partial charge in [-0.3, -0.25) is 14.2 Å². The highest BCUT2D eigenvalue weighted by atomic mass is 32.1. The molecule has 3 rings (SSSR count). The molecule has 2 heterocycles. The molecule has 1 aromatic carbocycles. The maximum absolute atomic E-state index is 13.0. The van der Waals surface area contributed by atoms with Crippen LogP contribution in [0.15, 0.2) is 29.3 Å².